The van der Waals surface area contributed by atoms with Gasteiger partial charge in [-0.1, -0.05) is 32.1 Å². The lowest BCUT2D eigenvalue weighted by Gasteiger charge is -2.18. The van der Waals surface area contributed by atoms with Gasteiger partial charge in [0.1, 0.15) is 0 Å². The van der Waals surface area contributed by atoms with Gasteiger partial charge in [0.15, 0.2) is 0 Å². The highest BCUT2D eigenvalue weighted by Gasteiger charge is 2.21. The topological polar surface area (TPSA) is 37.4 Å². The van der Waals surface area contributed by atoms with Crippen LogP contribution in [0.15, 0.2) is 41.8 Å². The van der Waals surface area contributed by atoms with Crippen molar-refractivity contribution in [1.82, 2.24) is 4.31 Å². The zero-order valence-electron chi connectivity index (χ0n) is 10.4. The van der Waals surface area contributed by atoms with Crippen LogP contribution in [0.5, 0.6) is 0 Å². The van der Waals surface area contributed by atoms with E-state index >= 15 is 0 Å². The van der Waals surface area contributed by atoms with Crippen molar-refractivity contribution in [3.05, 3.63) is 42.5 Å². The SMILES string of the molecule is C=CCN(CC)S(=O)(=O)c1ccc(CC)cc1. The van der Waals surface area contributed by atoms with Gasteiger partial charge >= 0.3 is 0 Å². The fourth-order valence-corrected chi connectivity index (χ4v) is 3.01. The van der Waals surface area contributed by atoms with Gasteiger partial charge in [0.2, 0.25) is 10.0 Å². The summed E-state index contributed by atoms with van der Waals surface area (Å²) in [5, 5.41) is 0. The fraction of sp³-hybridized carbons (Fsp3) is 0.385. The maximum absolute atomic E-state index is 12.2. The van der Waals surface area contributed by atoms with E-state index in [0.717, 1.165) is 12.0 Å². The molecule has 0 bridgehead atoms. The number of sulfonamides is 1. The van der Waals surface area contributed by atoms with Crippen LogP contribution in [0.2, 0.25) is 0 Å². The Bertz CT molecular complexity index is 463. The van der Waals surface area contributed by atoms with Crippen molar-refractivity contribution in [3.63, 3.8) is 0 Å². The Balaban J connectivity index is 3.06. The lowest BCUT2D eigenvalue weighted by Crippen LogP contribution is -2.30. The monoisotopic (exact) mass is 253 g/mol. The number of rotatable bonds is 6. The predicted octanol–water partition coefficient (Wildman–Crippen LogP) is 2.45. The maximum Gasteiger partial charge on any atom is 0.243 e. The van der Waals surface area contributed by atoms with Gasteiger partial charge in [-0.3, -0.25) is 0 Å². The smallest absolute Gasteiger partial charge is 0.207 e. The van der Waals surface area contributed by atoms with Crippen LogP contribution < -0.4 is 0 Å². The molecule has 0 aliphatic carbocycles. The van der Waals surface area contributed by atoms with Crippen LogP contribution in [0.3, 0.4) is 0 Å². The van der Waals surface area contributed by atoms with Gasteiger partial charge in [-0.2, -0.15) is 4.31 Å². The fourth-order valence-electron chi connectivity index (χ4n) is 1.59. The summed E-state index contributed by atoms with van der Waals surface area (Å²) >= 11 is 0. The molecule has 0 amide bonds. The van der Waals surface area contributed by atoms with Gasteiger partial charge in [0.25, 0.3) is 0 Å². The molecule has 1 aromatic rings. The molecule has 0 N–H and O–H groups in total. The Morgan fingerprint density at radius 3 is 2.24 bits per heavy atom. The summed E-state index contributed by atoms with van der Waals surface area (Å²) in [5.41, 5.74) is 1.13. The second-order valence-corrected chi connectivity index (χ2v) is 5.68. The number of benzene rings is 1. The normalized spacial score (nSPS) is 11.7. The molecule has 0 saturated carbocycles. The molecule has 0 atom stereocenters. The molecule has 1 aromatic carbocycles. The molecule has 4 heteroatoms. The van der Waals surface area contributed by atoms with Crippen LogP contribution in [-0.4, -0.2) is 25.8 Å². The Labute approximate surface area is 104 Å². The van der Waals surface area contributed by atoms with Gasteiger partial charge < -0.3 is 0 Å². The van der Waals surface area contributed by atoms with E-state index in [4.69, 9.17) is 0 Å². The van der Waals surface area contributed by atoms with E-state index < -0.39 is 10.0 Å². The molecular formula is C13H19NO2S. The maximum atomic E-state index is 12.2. The largest absolute Gasteiger partial charge is 0.243 e. The van der Waals surface area contributed by atoms with Crippen molar-refractivity contribution in [1.29, 1.82) is 0 Å². The van der Waals surface area contributed by atoms with Crippen LogP contribution in [0.1, 0.15) is 19.4 Å². The number of nitrogens with zero attached hydrogens (tertiary/aromatic N) is 1. The van der Waals surface area contributed by atoms with E-state index in [-0.39, 0.29) is 0 Å². The van der Waals surface area contributed by atoms with E-state index in [9.17, 15) is 8.42 Å². The standard InChI is InChI=1S/C13H19NO2S/c1-4-11-14(6-3)17(15,16)13-9-7-12(5-2)8-10-13/h4,7-10H,1,5-6,11H2,2-3H3. The summed E-state index contributed by atoms with van der Waals surface area (Å²) in [5.74, 6) is 0. The number of hydrogen-bond donors (Lipinski definition) is 0. The molecule has 0 heterocycles. The summed E-state index contributed by atoms with van der Waals surface area (Å²) in [7, 11) is -3.38. The summed E-state index contributed by atoms with van der Waals surface area (Å²) in [4.78, 5) is 0.346. The third-order valence-electron chi connectivity index (χ3n) is 2.65. The summed E-state index contributed by atoms with van der Waals surface area (Å²) < 4.78 is 25.9. The molecule has 0 spiro atoms. The van der Waals surface area contributed by atoms with Crippen LogP contribution in [0.25, 0.3) is 0 Å². The van der Waals surface area contributed by atoms with Crippen LogP contribution in [0.4, 0.5) is 0 Å². The van der Waals surface area contributed by atoms with E-state index in [0.29, 0.717) is 18.0 Å². The van der Waals surface area contributed by atoms with Gasteiger partial charge in [-0.15, -0.1) is 6.58 Å². The second-order valence-electron chi connectivity index (χ2n) is 3.74. The highest BCUT2D eigenvalue weighted by atomic mass is 32.2. The Morgan fingerprint density at radius 1 is 1.24 bits per heavy atom. The van der Waals surface area contributed by atoms with Crippen molar-refractivity contribution in [2.45, 2.75) is 25.2 Å². The first kappa shape index (κ1) is 13.9. The molecule has 0 aliphatic rings. The molecule has 0 unspecified atom stereocenters. The lowest BCUT2D eigenvalue weighted by atomic mass is 10.2. The van der Waals surface area contributed by atoms with E-state index in [1.54, 1.807) is 18.2 Å². The summed E-state index contributed by atoms with van der Waals surface area (Å²) in [6.07, 6.45) is 2.51. The summed E-state index contributed by atoms with van der Waals surface area (Å²) in [6, 6.07) is 7.04. The third kappa shape index (κ3) is 3.17. The van der Waals surface area contributed by atoms with Gasteiger partial charge in [-0.05, 0) is 24.1 Å². The predicted molar refractivity (Wildman–Crippen MR) is 70.4 cm³/mol. The molecular weight excluding hydrogens is 234 g/mol. The number of aryl methyl sites for hydroxylation is 1. The molecule has 0 aromatic heterocycles. The van der Waals surface area contributed by atoms with Crippen LogP contribution >= 0.6 is 0 Å². The molecule has 17 heavy (non-hydrogen) atoms. The number of hydrogen-bond acceptors (Lipinski definition) is 2. The van der Waals surface area contributed by atoms with E-state index in [1.165, 1.54) is 4.31 Å². The van der Waals surface area contributed by atoms with Crippen molar-refractivity contribution in [2.24, 2.45) is 0 Å². The Morgan fingerprint density at radius 2 is 1.82 bits per heavy atom. The average Bonchev–Trinajstić information content (AvgIpc) is 2.35. The minimum absolute atomic E-state index is 0.342. The lowest BCUT2D eigenvalue weighted by molar-refractivity contribution is 0.460. The Kier molecular flexibility index (Phi) is 4.90. The Hall–Kier alpha value is -1.13. The first-order valence-corrected chi connectivity index (χ1v) is 7.20. The van der Waals surface area contributed by atoms with Crippen molar-refractivity contribution in [3.8, 4) is 0 Å². The van der Waals surface area contributed by atoms with Crippen molar-refractivity contribution in [2.75, 3.05) is 13.1 Å². The third-order valence-corrected chi connectivity index (χ3v) is 4.61. The minimum Gasteiger partial charge on any atom is -0.207 e. The molecule has 94 valence electrons. The molecule has 3 nitrogen and oxygen atoms in total. The minimum atomic E-state index is -3.38. The number of likely N-dealkylation sites (N-methyl/N-ethyl adjacent to an activating group) is 1. The molecule has 0 radical (unpaired) electrons. The molecule has 0 aliphatic heterocycles. The average molecular weight is 253 g/mol. The quantitative estimate of drug-likeness (QED) is 0.730. The highest BCUT2D eigenvalue weighted by Crippen LogP contribution is 2.16. The molecule has 1 rings (SSSR count). The van der Waals surface area contributed by atoms with Gasteiger partial charge in [-0.25, -0.2) is 8.42 Å². The zero-order chi connectivity index (χ0) is 12.9. The second kappa shape index (κ2) is 5.98. The first-order valence-electron chi connectivity index (χ1n) is 5.76. The van der Waals surface area contributed by atoms with E-state index in [2.05, 4.69) is 6.58 Å². The van der Waals surface area contributed by atoms with Crippen LogP contribution in [-0.2, 0) is 16.4 Å². The molecule has 0 fully saturated rings. The first-order chi connectivity index (χ1) is 8.06. The zero-order valence-corrected chi connectivity index (χ0v) is 11.2. The van der Waals surface area contributed by atoms with Gasteiger partial charge in [0.05, 0.1) is 4.90 Å². The van der Waals surface area contributed by atoms with Crippen molar-refractivity contribution >= 4 is 10.0 Å². The molecule has 0 saturated heterocycles. The highest BCUT2D eigenvalue weighted by molar-refractivity contribution is 7.89. The van der Waals surface area contributed by atoms with Gasteiger partial charge in [0, 0.05) is 13.1 Å². The van der Waals surface area contributed by atoms with E-state index in [1.807, 2.05) is 26.0 Å². The summed E-state index contributed by atoms with van der Waals surface area (Å²) in [6.45, 7) is 8.23. The van der Waals surface area contributed by atoms with Crippen LogP contribution in [0, 0.1) is 0 Å². The van der Waals surface area contributed by atoms with Crippen molar-refractivity contribution < 1.29 is 8.42 Å².